The highest BCUT2D eigenvalue weighted by Gasteiger charge is 2.40. The number of halogens is 1. The number of benzene rings is 2. The number of amides is 3. The van der Waals surface area contributed by atoms with Gasteiger partial charge in [-0.05, 0) is 42.5 Å². The number of hydrogen-bond donors (Lipinski definition) is 2. The molecule has 2 fully saturated rings. The number of nitrogens with zero attached hydrogens (tertiary/aromatic N) is 2. The molecule has 0 aromatic heterocycles. The first-order valence-electron chi connectivity index (χ1n) is 15.3. The standard InChI is InChI=1S/C33H45ClN4O3/c1-2-3-12-30(39)36-29(23-27-13-15-28(34)16-14-27)32(41)37-19-21-38(22-20-37)33(17-8-5-9-18-33)25-35-31(40)24-26-10-6-4-7-11-26/h4,6-7,10-11,13-16,29H,2-3,5,8-9,12,17-25H2,1H3,(H,35,40)(H,36,39)/t29-/m1/s1. The predicted octanol–water partition coefficient (Wildman–Crippen LogP) is 4.76. The number of piperazine rings is 1. The number of hydrogen-bond acceptors (Lipinski definition) is 4. The van der Waals surface area contributed by atoms with Gasteiger partial charge in [-0.3, -0.25) is 19.3 Å². The van der Waals surface area contributed by atoms with Gasteiger partial charge in [0.15, 0.2) is 0 Å². The fraction of sp³-hybridized carbons (Fsp3) is 0.545. The lowest BCUT2D eigenvalue weighted by atomic mass is 9.79. The summed E-state index contributed by atoms with van der Waals surface area (Å²) in [4.78, 5) is 43.6. The fourth-order valence-electron chi connectivity index (χ4n) is 6.20. The van der Waals surface area contributed by atoms with Gasteiger partial charge >= 0.3 is 0 Å². The van der Waals surface area contributed by atoms with Crippen LogP contribution in [0.3, 0.4) is 0 Å². The summed E-state index contributed by atoms with van der Waals surface area (Å²) in [5, 5.41) is 6.91. The molecule has 1 aliphatic carbocycles. The lowest BCUT2D eigenvalue weighted by molar-refractivity contribution is -0.139. The summed E-state index contributed by atoms with van der Waals surface area (Å²) >= 11 is 6.07. The molecule has 2 aromatic rings. The molecule has 4 rings (SSSR count). The van der Waals surface area contributed by atoms with Gasteiger partial charge in [0.2, 0.25) is 17.7 Å². The van der Waals surface area contributed by atoms with Gasteiger partial charge in [-0.15, -0.1) is 0 Å². The summed E-state index contributed by atoms with van der Waals surface area (Å²) in [6, 6.07) is 16.7. The van der Waals surface area contributed by atoms with E-state index < -0.39 is 6.04 Å². The van der Waals surface area contributed by atoms with Crippen LogP contribution >= 0.6 is 11.6 Å². The second-order valence-electron chi connectivity index (χ2n) is 11.6. The Kier molecular flexibility index (Phi) is 11.6. The maximum Gasteiger partial charge on any atom is 0.245 e. The van der Waals surface area contributed by atoms with Crippen molar-refractivity contribution in [3.8, 4) is 0 Å². The second kappa shape index (κ2) is 15.4. The quantitative estimate of drug-likeness (QED) is 0.379. The van der Waals surface area contributed by atoms with E-state index in [1.165, 1.54) is 6.42 Å². The lowest BCUT2D eigenvalue weighted by Crippen LogP contribution is -2.63. The molecule has 3 amide bonds. The van der Waals surface area contributed by atoms with Crippen LogP contribution in [0.1, 0.15) is 69.4 Å². The van der Waals surface area contributed by atoms with Gasteiger partial charge in [0.25, 0.3) is 0 Å². The Morgan fingerprint density at radius 1 is 0.878 bits per heavy atom. The van der Waals surface area contributed by atoms with Crippen LogP contribution in [-0.4, -0.2) is 71.8 Å². The first-order valence-corrected chi connectivity index (χ1v) is 15.6. The van der Waals surface area contributed by atoms with Crippen molar-refractivity contribution >= 4 is 29.3 Å². The van der Waals surface area contributed by atoms with Gasteiger partial charge in [-0.1, -0.05) is 86.7 Å². The molecule has 1 aliphatic heterocycles. The van der Waals surface area contributed by atoms with E-state index in [1.807, 2.05) is 59.5 Å². The van der Waals surface area contributed by atoms with Crippen molar-refractivity contribution in [3.05, 3.63) is 70.7 Å². The molecule has 2 aromatic carbocycles. The van der Waals surface area contributed by atoms with Crippen molar-refractivity contribution < 1.29 is 14.4 Å². The molecule has 1 saturated heterocycles. The smallest absolute Gasteiger partial charge is 0.245 e. The van der Waals surface area contributed by atoms with Crippen molar-refractivity contribution in [1.82, 2.24) is 20.4 Å². The lowest BCUT2D eigenvalue weighted by Gasteiger charge is -2.50. The van der Waals surface area contributed by atoms with E-state index in [4.69, 9.17) is 11.6 Å². The molecular formula is C33H45ClN4O3. The van der Waals surface area contributed by atoms with Crippen LogP contribution in [0.5, 0.6) is 0 Å². The van der Waals surface area contributed by atoms with Crippen LogP contribution < -0.4 is 10.6 Å². The van der Waals surface area contributed by atoms with Crippen LogP contribution in [0, 0.1) is 0 Å². The zero-order chi connectivity index (χ0) is 29.1. The van der Waals surface area contributed by atoms with Crippen LogP contribution in [0.15, 0.2) is 54.6 Å². The van der Waals surface area contributed by atoms with E-state index in [1.54, 1.807) is 0 Å². The molecule has 0 unspecified atom stereocenters. The highest BCUT2D eigenvalue weighted by atomic mass is 35.5. The van der Waals surface area contributed by atoms with Crippen molar-refractivity contribution in [1.29, 1.82) is 0 Å². The molecule has 8 heteroatoms. The van der Waals surface area contributed by atoms with Gasteiger partial charge < -0.3 is 15.5 Å². The van der Waals surface area contributed by atoms with Gasteiger partial charge in [0.1, 0.15) is 6.04 Å². The largest absolute Gasteiger partial charge is 0.354 e. The van der Waals surface area contributed by atoms with Crippen LogP contribution in [-0.2, 0) is 27.2 Å². The Hall–Kier alpha value is -2.90. The van der Waals surface area contributed by atoms with E-state index in [-0.39, 0.29) is 23.3 Å². The molecule has 2 aliphatic rings. The third-order valence-electron chi connectivity index (χ3n) is 8.61. The van der Waals surface area contributed by atoms with Crippen molar-refractivity contribution in [2.24, 2.45) is 0 Å². The zero-order valence-electron chi connectivity index (χ0n) is 24.4. The molecule has 2 N–H and O–H groups in total. The number of rotatable bonds is 12. The molecule has 1 saturated carbocycles. The van der Waals surface area contributed by atoms with Crippen molar-refractivity contribution in [2.45, 2.75) is 82.7 Å². The highest BCUT2D eigenvalue weighted by molar-refractivity contribution is 6.30. The molecule has 0 spiro atoms. The summed E-state index contributed by atoms with van der Waals surface area (Å²) in [7, 11) is 0. The third-order valence-corrected chi connectivity index (χ3v) is 8.86. The molecular weight excluding hydrogens is 536 g/mol. The Bertz CT molecular complexity index is 1130. The van der Waals surface area contributed by atoms with Crippen molar-refractivity contribution in [3.63, 3.8) is 0 Å². The average Bonchev–Trinajstić information content (AvgIpc) is 3.00. The summed E-state index contributed by atoms with van der Waals surface area (Å²) in [5.41, 5.74) is 1.91. The predicted molar refractivity (Wildman–Crippen MR) is 164 cm³/mol. The Morgan fingerprint density at radius 3 is 2.22 bits per heavy atom. The molecule has 7 nitrogen and oxygen atoms in total. The topological polar surface area (TPSA) is 81.8 Å². The Balaban J connectivity index is 1.37. The first-order chi connectivity index (χ1) is 19.9. The minimum atomic E-state index is -0.604. The monoisotopic (exact) mass is 580 g/mol. The zero-order valence-corrected chi connectivity index (χ0v) is 25.1. The van der Waals surface area contributed by atoms with Crippen LogP contribution in [0.25, 0.3) is 0 Å². The SMILES string of the molecule is CCCCC(=O)N[C@H](Cc1ccc(Cl)cc1)C(=O)N1CCN(C2(CNC(=O)Cc3ccccc3)CCCCC2)CC1. The maximum absolute atomic E-state index is 13.7. The molecule has 41 heavy (non-hydrogen) atoms. The van der Waals surface area contributed by atoms with E-state index >= 15 is 0 Å². The van der Waals surface area contributed by atoms with E-state index in [0.29, 0.717) is 43.9 Å². The minimum absolute atomic E-state index is 0.0293. The number of unbranched alkanes of at least 4 members (excludes halogenated alkanes) is 1. The van der Waals surface area contributed by atoms with Crippen LogP contribution in [0.2, 0.25) is 5.02 Å². The Labute approximate surface area is 250 Å². The fourth-order valence-corrected chi connectivity index (χ4v) is 6.33. The molecule has 1 heterocycles. The van der Waals surface area contributed by atoms with Gasteiger partial charge in [-0.2, -0.15) is 0 Å². The maximum atomic E-state index is 13.7. The number of nitrogens with one attached hydrogen (secondary N) is 2. The molecule has 1 atom stereocenters. The third kappa shape index (κ3) is 9.04. The van der Waals surface area contributed by atoms with Gasteiger partial charge in [0.05, 0.1) is 6.42 Å². The molecule has 0 radical (unpaired) electrons. The van der Waals surface area contributed by atoms with E-state index in [2.05, 4.69) is 22.5 Å². The summed E-state index contributed by atoms with van der Waals surface area (Å²) in [6.45, 7) is 5.44. The van der Waals surface area contributed by atoms with E-state index in [9.17, 15) is 14.4 Å². The number of carbonyl (C=O) groups excluding carboxylic acids is 3. The molecule has 222 valence electrons. The summed E-state index contributed by atoms with van der Waals surface area (Å²) in [5.74, 6) is -0.0534. The Morgan fingerprint density at radius 2 is 1.56 bits per heavy atom. The van der Waals surface area contributed by atoms with E-state index in [0.717, 1.165) is 62.7 Å². The van der Waals surface area contributed by atoms with Crippen LogP contribution in [0.4, 0.5) is 0 Å². The second-order valence-corrected chi connectivity index (χ2v) is 12.0. The highest BCUT2D eigenvalue weighted by Crippen LogP contribution is 2.34. The summed E-state index contributed by atoms with van der Waals surface area (Å²) in [6.07, 6.45) is 8.62. The first kappa shape index (κ1) is 31.0. The average molecular weight is 581 g/mol. The van der Waals surface area contributed by atoms with Gasteiger partial charge in [-0.25, -0.2) is 0 Å². The molecule has 0 bridgehead atoms. The number of carbonyl (C=O) groups is 3. The van der Waals surface area contributed by atoms with Gasteiger partial charge in [0, 0.05) is 56.1 Å². The van der Waals surface area contributed by atoms with Crippen molar-refractivity contribution in [2.75, 3.05) is 32.7 Å². The minimum Gasteiger partial charge on any atom is -0.354 e. The summed E-state index contributed by atoms with van der Waals surface area (Å²) < 4.78 is 0. The normalized spacial score (nSPS) is 18.0.